The molecule has 2 amide bonds. The Labute approximate surface area is 168 Å². The van der Waals surface area contributed by atoms with Crippen LogP contribution in [0.25, 0.3) is 0 Å². The molecule has 2 aromatic rings. The largest absolute Gasteiger partial charge is 0.349 e. The van der Waals surface area contributed by atoms with E-state index in [0.29, 0.717) is 21.9 Å². The molecule has 0 saturated heterocycles. The van der Waals surface area contributed by atoms with Crippen molar-refractivity contribution in [1.29, 1.82) is 0 Å². The maximum atomic E-state index is 12.3. The smallest absolute Gasteiger partial charge is 0.252 e. The Bertz CT molecular complexity index is 938. The highest BCUT2D eigenvalue weighted by Crippen LogP contribution is 2.21. The maximum Gasteiger partial charge on any atom is 0.252 e. The second-order valence-corrected chi connectivity index (χ2v) is 9.96. The van der Waals surface area contributed by atoms with Gasteiger partial charge in [0.15, 0.2) is 0 Å². The van der Waals surface area contributed by atoms with E-state index in [9.17, 15) is 18.0 Å². The fourth-order valence-electron chi connectivity index (χ4n) is 2.60. The molecule has 28 heavy (non-hydrogen) atoms. The van der Waals surface area contributed by atoms with Crippen molar-refractivity contribution in [3.63, 3.8) is 0 Å². The molecule has 1 aromatic carbocycles. The van der Waals surface area contributed by atoms with Gasteiger partial charge < -0.3 is 10.6 Å². The number of benzene rings is 1. The summed E-state index contributed by atoms with van der Waals surface area (Å²) in [5, 5.41) is 7.39. The van der Waals surface area contributed by atoms with Gasteiger partial charge in [-0.25, -0.2) is 12.7 Å². The molecule has 0 bridgehead atoms. The van der Waals surface area contributed by atoms with Crippen LogP contribution in [0.3, 0.4) is 0 Å². The van der Waals surface area contributed by atoms with Crippen molar-refractivity contribution in [2.45, 2.75) is 35.9 Å². The van der Waals surface area contributed by atoms with E-state index in [0.717, 1.165) is 12.8 Å². The highest BCUT2D eigenvalue weighted by molar-refractivity contribution is 7.91. The SMILES string of the molecule is CN(CCCC(=O)Nc1cccc(C(=O)NC2CC2)c1)S(=O)(=O)c1cccs1. The fourth-order valence-corrected chi connectivity index (χ4v) is 5.01. The van der Waals surface area contributed by atoms with Crippen LogP contribution in [-0.2, 0) is 14.8 Å². The van der Waals surface area contributed by atoms with E-state index >= 15 is 0 Å². The molecule has 1 aliphatic rings. The molecular formula is C19H23N3O4S2. The monoisotopic (exact) mass is 421 g/mol. The second-order valence-electron chi connectivity index (χ2n) is 6.74. The third-order valence-electron chi connectivity index (χ3n) is 4.36. The number of sulfonamides is 1. The summed E-state index contributed by atoms with van der Waals surface area (Å²) < 4.78 is 26.2. The summed E-state index contributed by atoms with van der Waals surface area (Å²) in [6.45, 7) is 0.248. The van der Waals surface area contributed by atoms with Crippen molar-refractivity contribution >= 4 is 38.9 Å². The lowest BCUT2D eigenvalue weighted by molar-refractivity contribution is -0.116. The van der Waals surface area contributed by atoms with Crippen LogP contribution >= 0.6 is 11.3 Å². The number of hydrogen-bond donors (Lipinski definition) is 2. The molecule has 0 aliphatic heterocycles. The Balaban J connectivity index is 1.47. The van der Waals surface area contributed by atoms with Crippen molar-refractivity contribution in [3.05, 3.63) is 47.3 Å². The van der Waals surface area contributed by atoms with Gasteiger partial charge in [0.25, 0.3) is 15.9 Å². The predicted molar refractivity (Wildman–Crippen MR) is 109 cm³/mol. The average molecular weight is 422 g/mol. The van der Waals surface area contributed by atoms with Gasteiger partial charge in [-0.3, -0.25) is 9.59 Å². The van der Waals surface area contributed by atoms with Crippen molar-refractivity contribution < 1.29 is 18.0 Å². The normalized spacial score (nSPS) is 14.1. The standard InChI is InChI=1S/C19H23N3O4S2/c1-22(28(25,26)18-8-4-12-27-18)11-3-7-17(23)20-16-6-2-5-14(13-16)19(24)21-15-9-10-15/h2,4-6,8,12-13,15H,3,7,9-11H2,1H3,(H,20,23)(H,21,24). The van der Waals surface area contributed by atoms with Gasteiger partial charge in [0.1, 0.15) is 4.21 Å². The molecule has 2 N–H and O–H groups in total. The minimum Gasteiger partial charge on any atom is -0.349 e. The molecule has 0 radical (unpaired) electrons. The first-order chi connectivity index (χ1) is 13.4. The van der Waals surface area contributed by atoms with E-state index < -0.39 is 10.0 Å². The Kier molecular flexibility index (Phi) is 6.48. The Hall–Kier alpha value is -2.23. The molecule has 1 heterocycles. The van der Waals surface area contributed by atoms with Crippen molar-refractivity contribution in [2.24, 2.45) is 0 Å². The zero-order valence-electron chi connectivity index (χ0n) is 15.6. The average Bonchev–Trinajstić information content (AvgIpc) is 3.29. The van der Waals surface area contributed by atoms with E-state index in [1.54, 1.807) is 41.8 Å². The molecule has 1 fully saturated rings. The summed E-state index contributed by atoms with van der Waals surface area (Å²) in [6, 6.07) is 10.3. The number of rotatable bonds is 9. The van der Waals surface area contributed by atoms with Crippen molar-refractivity contribution in [1.82, 2.24) is 9.62 Å². The minimum absolute atomic E-state index is 0.140. The van der Waals surface area contributed by atoms with Crippen LogP contribution in [-0.4, -0.2) is 44.2 Å². The van der Waals surface area contributed by atoms with Gasteiger partial charge >= 0.3 is 0 Å². The lowest BCUT2D eigenvalue weighted by atomic mass is 10.2. The van der Waals surface area contributed by atoms with Gasteiger partial charge in [-0.1, -0.05) is 12.1 Å². The molecule has 150 valence electrons. The van der Waals surface area contributed by atoms with Crippen LogP contribution in [0.1, 0.15) is 36.0 Å². The van der Waals surface area contributed by atoms with Crippen LogP contribution in [0, 0.1) is 0 Å². The highest BCUT2D eigenvalue weighted by Gasteiger charge is 2.24. The zero-order valence-corrected chi connectivity index (χ0v) is 17.2. The quantitative estimate of drug-likeness (QED) is 0.651. The molecule has 1 aliphatic carbocycles. The lowest BCUT2D eigenvalue weighted by Crippen LogP contribution is -2.28. The Morgan fingerprint density at radius 3 is 2.68 bits per heavy atom. The number of hydrogen-bond acceptors (Lipinski definition) is 5. The first kappa shape index (κ1) is 20.5. The number of thiophene rings is 1. The van der Waals surface area contributed by atoms with Gasteiger partial charge in [0.2, 0.25) is 5.91 Å². The molecule has 3 rings (SSSR count). The zero-order chi connectivity index (χ0) is 20.1. The number of carbonyl (C=O) groups is 2. The summed E-state index contributed by atoms with van der Waals surface area (Å²) in [5.41, 5.74) is 1.06. The van der Waals surface area contributed by atoms with E-state index in [1.807, 2.05) is 0 Å². The summed E-state index contributed by atoms with van der Waals surface area (Å²) >= 11 is 1.17. The van der Waals surface area contributed by atoms with Crippen LogP contribution in [0.2, 0.25) is 0 Å². The summed E-state index contributed by atoms with van der Waals surface area (Å²) in [6.07, 6.45) is 2.61. The van der Waals surface area contributed by atoms with Gasteiger partial charge in [0.05, 0.1) is 0 Å². The van der Waals surface area contributed by atoms with Gasteiger partial charge in [-0.15, -0.1) is 11.3 Å². The molecule has 1 saturated carbocycles. The van der Waals surface area contributed by atoms with Gasteiger partial charge in [-0.05, 0) is 48.9 Å². The number of carbonyl (C=O) groups excluding carboxylic acids is 2. The van der Waals surface area contributed by atoms with E-state index in [-0.39, 0.29) is 30.8 Å². The maximum absolute atomic E-state index is 12.3. The highest BCUT2D eigenvalue weighted by atomic mass is 32.2. The lowest BCUT2D eigenvalue weighted by Gasteiger charge is -2.15. The van der Waals surface area contributed by atoms with E-state index in [4.69, 9.17) is 0 Å². The van der Waals surface area contributed by atoms with Crippen molar-refractivity contribution in [3.8, 4) is 0 Å². The molecule has 0 spiro atoms. The molecule has 9 heteroatoms. The van der Waals surface area contributed by atoms with Gasteiger partial charge in [-0.2, -0.15) is 0 Å². The van der Waals surface area contributed by atoms with E-state index in [2.05, 4.69) is 10.6 Å². The van der Waals surface area contributed by atoms with Crippen LogP contribution in [0.15, 0.2) is 46.0 Å². The van der Waals surface area contributed by atoms with Crippen LogP contribution in [0.4, 0.5) is 5.69 Å². The number of amides is 2. The third kappa shape index (κ3) is 5.40. The summed E-state index contributed by atoms with van der Waals surface area (Å²) in [4.78, 5) is 24.2. The predicted octanol–water partition coefficient (Wildman–Crippen LogP) is 2.68. The second kappa shape index (κ2) is 8.85. The molecule has 0 atom stereocenters. The summed E-state index contributed by atoms with van der Waals surface area (Å²) in [5.74, 6) is -0.360. The Morgan fingerprint density at radius 1 is 1.21 bits per heavy atom. The number of anilines is 1. The molecule has 7 nitrogen and oxygen atoms in total. The summed E-state index contributed by atoms with van der Waals surface area (Å²) in [7, 11) is -1.99. The van der Waals surface area contributed by atoms with E-state index in [1.165, 1.54) is 22.7 Å². The molecular weight excluding hydrogens is 398 g/mol. The van der Waals surface area contributed by atoms with Crippen LogP contribution in [0.5, 0.6) is 0 Å². The molecule has 0 unspecified atom stereocenters. The first-order valence-electron chi connectivity index (χ1n) is 9.07. The Morgan fingerprint density at radius 2 is 2.00 bits per heavy atom. The third-order valence-corrected chi connectivity index (χ3v) is 7.59. The van der Waals surface area contributed by atoms with Gasteiger partial charge in [0, 0.05) is 37.3 Å². The first-order valence-corrected chi connectivity index (χ1v) is 11.4. The fraction of sp³-hybridized carbons (Fsp3) is 0.368. The number of nitrogens with zero attached hydrogens (tertiary/aromatic N) is 1. The molecule has 1 aromatic heterocycles. The minimum atomic E-state index is -3.50. The topological polar surface area (TPSA) is 95.6 Å². The van der Waals surface area contributed by atoms with Crippen LogP contribution < -0.4 is 10.6 Å². The van der Waals surface area contributed by atoms with Crippen molar-refractivity contribution in [2.75, 3.05) is 18.9 Å². The number of nitrogens with one attached hydrogen (secondary N) is 2.